The number of ether oxygens (including phenoxy) is 1. The van der Waals surface area contributed by atoms with Crippen LogP contribution in [-0.4, -0.2) is 52.7 Å². The van der Waals surface area contributed by atoms with Gasteiger partial charge in [-0.25, -0.2) is 0 Å². The van der Waals surface area contributed by atoms with Crippen LogP contribution < -0.4 is 0 Å². The Bertz CT molecular complexity index is 694. The molecule has 0 aliphatic carbocycles. The molecule has 1 amide bonds. The Hall–Kier alpha value is -2.34. The number of hydrogen-bond donors (Lipinski definition) is 2. The van der Waals surface area contributed by atoms with Gasteiger partial charge in [0.05, 0.1) is 25.6 Å². The van der Waals surface area contributed by atoms with E-state index in [4.69, 9.17) is 9.84 Å². The van der Waals surface area contributed by atoms with Crippen LogP contribution in [-0.2, 0) is 20.7 Å². The second-order valence-electron chi connectivity index (χ2n) is 5.47. The van der Waals surface area contributed by atoms with Crippen molar-refractivity contribution in [3.8, 4) is 0 Å². The number of rotatable bonds is 4. The lowest BCUT2D eigenvalue weighted by atomic mass is 10.1. The number of hydrogen-bond acceptors (Lipinski definition) is 3. The molecule has 6 nitrogen and oxygen atoms in total. The summed E-state index contributed by atoms with van der Waals surface area (Å²) in [5.74, 6) is -0.903. The van der Waals surface area contributed by atoms with E-state index >= 15 is 0 Å². The summed E-state index contributed by atoms with van der Waals surface area (Å²) < 4.78 is 5.39. The third-order valence-electron chi connectivity index (χ3n) is 3.91. The van der Waals surface area contributed by atoms with Crippen LogP contribution in [0.5, 0.6) is 0 Å². The smallest absolute Gasteiger partial charge is 0.306 e. The molecule has 22 heavy (non-hydrogen) atoms. The number of amides is 1. The Morgan fingerprint density at radius 3 is 3.00 bits per heavy atom. The first-order valence-electron chi connectivity index (χ1n) is 7.29. The number of carboxylic acid groups (broad SMARTS) is 1. The summed E-state index contributed by atoms with van der Waals surface area (Å²) in [4.78, 5) is 28.1. The summed E-state index contributed by atoms with van der Waals surface area (Å²) in [6, 6.07) is 7.85. The number of fused-ring (bicyclic) bond motifs is 1. The van der Waals surface area contributed by atoms with Gasteiger partial charge in [0.25, 0.3) is 0 Å². The van der Waals surface area contributed by atoms with Gasteiger partial charge in [-0.15, -0.1) is 0 Å². The molecule has 0 spiro atoms. The molecule has 3 rings (SSSR count). The minimum atomic E-state index is -0.907. The zero-order valence-electron chi connectivity index (χ0n) is 12.1. The molecular weight excluding hydrogens is 284 g/mol. The molecule has 1 aromatic heterocycles. The van der Waals surface area contributed by atoms with E-state index in [9.17, 15) is 9.59 Å². The number of carbonyl (C=O) groups excluding carboxylic acids is 1. The SMILES string of the molecule is O=C(O)CC1CN(C(=O)Cc2c[nH]c3ccccc23)CCO1. The fourth-order valence-electron chi connectivity index (χ4n) is 2.82. The van der Waals surface area contributed by atoms with E-state index in [2.05, 4.69) is 4.98 Å². The molecule has 2 aromatic rings. The zero-order chi connectivity index (χ0) is 15.5. The van der Waals surface area contributed by atoms with Gasteiger partial charge >= 0.3 is 5.97 Å². The average Bonchev–Trinajstić information content (AvgIpc) is 2.90. The second-order valence-corrected chi connectivity index (χ2v) is 5.47. The predicted octanol–water partition coefficient (Wildman–Crippen LogP) is 1.41. The number of H-pyrrole nitrogens is 1. The van der Waals surface area contributed by atoms with E-state index in [0.717, 1.165) is 16.5 Å². The van der Waals surface area contributed by atoms with Crippen LogP contribution in [0.1, 0.15) is 12.0 Å². The maximum absolute atomic E-state index is 12.4. The van der Waals surface area contributed by atoms with Gasteiger partial charge in [-0.05, 0) is 11.6 Å². The molecule has 1 aromatic carbocycles. The van der Waals surface area contributed by atoms with Gasteiger partial charge in [0.2, 0.25) is 5.91 Å². The molecule has 1 atom stereocenters. The Balaban J connectivity index is 1.67. The molecule has 1 fully saturated rings. The number of carboxylic acids is 1. The lowest BCUT2D eigenvalue weighted by molar-refractivity contribution is -0.147. The van der Waals surface area contributed by atoms with Crippen molar-refractivity contribution in [2.24, 2.45) is 0 Å². The minimum absolute atomic E-state index is 0.00319. The van der Waals surface area contributed by atoms with Crippen LogP contribution in [0, 0.1) is 0 Å². The van der Waals surface area contributed by atoms with Crippen molar-refractivity contribution in [1.82, 2.24) is 9.88 Å². The summed E-state index contributed by atoms with van der Waals surface area (Å²) in [5.41, 5.74) is 1.97. The Morgan fingerprint density at radius 2 is 2.18 bits per heavy atom. The maximum Gasteiger partial charge on any atom is 0.306 e. The third-order valence-corrected chi connectivity index (χ3v) is 3.91. The minimum Gasteiger partial charge on any atom is -0.481 e. The quantitative estimate of drug-likeness (QED) is 0.894. The van der Waals surface area contributed by atoms with Crippen LogP contribution >= 0.6 is 0 Å². The molecule has 0 saturated carbocycles. The van der Waals surface area contributed by atoms with Crippen LogP contribution in [0.3, 0.4) is 0 Å². The van der Waals surface area contributed by atoms with E-state index in [1.807, 2.05) is 30.5 Å². The normalized spacial score (nSPS) is 18.5. The van der Waals surface area contributed by atoms with Gasteiger partial charge in [0.15, 0.2) is 0 Å². The fourth-order valence-corrected chi connectivity index (χ4v) is 2.82. The summed E-state index contributed by atoms with van der Waals surface area (Å²) in [5, 5.41) is 9.88. The molecule has 0 radical (unpaired) electrons. The number of aromatic nitrogens is 1. The summed E-state index contributed by atoms with van der Waals surface area (Å²) >= 11 is 0. The van der Waals surface area contributed by atoms with E-state index < -0.39 is 12.1 Å². The number of carbonyl (C=O) groups is 2. The summed E-state index contributed by atoms with van der Waals surface area (Å²) in [7, 11) is 0. The second kappa shape index (κ2) is 6.19. The van der Waals surface area contributed by atoms with Crippen molar-refractivity contribution in [2.45, 2.75) is 18.9 Å². The Labute approximate surface area is 127 Å². The third kappa shape index (κ3) is 3.12. The number of morpholine rings is 1. The van der Waals surface area contributed by atoms with Crippen LogP contribution in [0.25, 0.3) is 10.9 Å². The van der Waals surface area contributed by atoms with Crippen LogP contribution in [0.15, 0.2) is 30.5 Å². The lowest BCUT2D eigenvalue weighted by Crippen LogP contribution is -2.46. The number of aliphatic carboxylic acids is 1. The molecule has 2 N–H and O–H groups in total. The van der Waals surface area contributed by atoms with Crippen molar-refractivity contribution in [3.05, 3.63) is 36.0 Å². The molecular formula is C16H18N2O4. The topological polar surface area (TPSA) is 82.6 Å². The highest BCUT2D eigenvalue weighted by Crippen LogP contribution is 2.19. The van der Waals surface area contributed by atoms with E-state index in [1.54, 1.807) is 4.90 Å². The van der Waals surface area contributed by atoms with Crippen molar-refractivity contribution < 1.29 is 19.4 Å². The lowest BCUT2D eigenvalue weighted by Gasteiger charge is -2.32. The van der Waals surface area contributed by atoms with Crippen LogP contribution in [0.2, 0.25) is 0 Å². The van der Waals surface area contributed by atoms with Gasteiger partial charge in [0.1, 0.15) is 0 Å². The first-order valence-corrected chi connectivity index (χ1v) is 7.29. The molecule has 2 heterocycles. The first kappa shape index (κ1) is 14.6. The molecule has 0 bridgehead atoms. The van der Waals surface area contributed by atoms with E-state index in [0.29, 0.717) is 26.1 Å². The molecule has 1 unspecified atom stereocenters. The number of nitrogens with one attached hydrogen (secondary N) is 1. The molecule has 1 aliphatic rings. The fraction of sp³-hybridized carbons (Fsp3) is 0.375. The number of para-hydroxylation sites is 1. The van der Waals surface area contributed by atoms with Gasteiger partial charge in [-0.2, -0.15) is 0 Å². The largest absolute Gasteiger partial charge is 0.481 e. The van der Waals surface area contributed by atoms with Crippen molar-refractivity contribution in [1.29, 1.82) is 0 Å². The molecule has 1 saturated heterocycles. The first-order chi connectivity index (χ1) is 10.6. The van der Waals surface area contributed by atoms with Crippen molar-refractivity contribution >= 4 is 22.8 Å². The van der Waals surface area contributed by atoms with Crippen molar-refractivity contribution in [2.75, 3.05) is 19.7 Å². The van der Waals surface area contributed by atoms with Gasteiger partial charge in [-0.1, -0.05) is 18.2 Å². The van der Waals surface area contributed by atoms with E-state index in [1.165, 1.54) is 0 Å². The summed E-state index contributed by atoms with van der Waals surface area (Å²) in [6.07, 6.45) is 1.68. The standard InChI is InChI=1S/C16H18N2O4/c19-15(18-5-6-22-12(10-18)8-16(20)21)7-11-9-17-14-4-2-1-3-13(11)14/h1-4,9,12,17H,5-8,10H2,(H,20,21). The Morgan fingerprint density at radius 1 is 1.36 bits per heavy atom. The zero-order valence-corrected chi connectivity index (χ0v) is 12.1. The van der Waals surface area contributed by atoms with Gasteiger partial charge in [0, 0.05) is 30.2 Å². The van der Waals surface area contributed by atoms with E-state index in [-0.39, 0.29) is 12.3 Å². The Kier molecular flexibility index (Phi) is 4.11. The monoisotopic (exact) mass is 302 g/mol. The summed E-state index contributed by atoms with van der Waals surface area (Å²) in [6.45, 7) is 1.24. The molecule has 116 valence electrons. The van der Waals surface area contributed by atoms with Gasteiger partial charge < -0.3 is 19.7 Å². The van der Waals surface area contributed by atoms with Crippen LogP contribution in [0.4, 0.5) is 0 Å². The highest BCUT2D eigenvalue weighted by Gasteiger charge is 2.26. The number of benzene rings is 1. The predicted molar refractivity (Wildman–Crippen MR) is 80.6 cm³/mol. The molecule has 6 heteroatoms. The highest BCUT2D eigenvalue weighted by molar-refractivity contribution is 5.89. The maximum atomic E-state index is 12.4. The average molecular weight is 302 g/mol. The molecule has 1 aliphatic heterocycles. The van der Waals surface area contributed by atoms with Crippen molar-refractivity contribution in [3.63, 3.8) is 0 Å². The number of nitrogens with zero attached hydrogens (tertiary/aromatic N) is 1. The number of aromatic amines is 1. The van der Waals surface area contributed by atoms with Gasteiger partial charge in [-0.3, -0.25) is 9.59 Å². The highest BCUT2D eigenvalue weighted by atomic mass is 16.5.